The molecule has 1 atom stereocenters. The van der Waals surface area contributed by atoms with Crippen LogP contribution in [0.3, 0.4) is 0 Å². The van der Waals surface area contributed by atoms with E-state index in [1.807, 2.05) is 18.2 Å². The van der Waals surface area contributed by atoms with Gasteiger partial charge in [-0.15, -0.1) is 0 Å². The summed E-state index contributed by atoms with van der Waals surface area (Å²) in [5, 5.41) is 15.7. The molecule has 0 radical (unpaired) electrons. The topological polar surface area (TPSA) is 72.8 Å². The maximum Gasteiger partial charge on any atom is 0.244 e. The molecule has 1 N–H and O–H groups in total. The Morgan fingerprint density at radius 2 is 2.21 bits per heavy atom. The summed E-state index contributed by atoms with van der Waals surface area (Å²) in [7, 11) is 1.68. The number of nitrogens with one attached hydrogen (secondary N) is 1. The van der Waals surface area contributed by atoms with Gasteiger partial charge in [-0.25, -0.2) is 0 Å². The lowest BCUT2D eigenvalue weighted by Crippen LogP contribution is -2.30. The Bertz CT molecular complexity index is 571. The van der Waals surface area contributed by atoms with E-state index >= 15 is 0 Å². The first-order valence-corrected chi connectivity index (χ1v) is 5.89. The van der Waals surface area contributed by atoms with E-state index < -0.39 is 5.92 Å². The Hall–Kier alpha value is -2.61. The average molecular weight is 254 g/mol. The molecule has 1 amide bonds. The minimum absolute atomic E-state index is 0.213. The Morgan fingerprint density at radius 1 is 1.47 bits per heavy atom. The van der Waals surface area contributed by atoms with Gasteiger partial charge in [0.15, 0.2) is 0 Å². The number of carbonyl (C=O) groups is 1. The molecule has 0 aliphatic heterocycles. The number of H-pyrrole nitrogens is 1. The second kappa shape index (κ2) is 5.83. The molecule has 1 aromatic heterocycles. The van der Waals surface area contributed by atoms with Crippen LogP contribution in [0.4, 0.5) is 0 Å². The third-order valence-electron chi connectivity index (χ3n) is 2.86. The highest BCUT2D eigenvalue weighted by molar-refractivity contribution is 5.86. The van der Waals surface area contributed by atoms with Crippen LogP contribution in [0.25, 0.3) is 0 Å². The standard InChI is InChI=1S/C14H14N4O/c1-18(10-11-8-16-17-9-11)14(19)13(7-15)12-5-3-2-4-6-12/h2-6,8-9,13H,10H2,1H3,(H,16,17). The van der Waals surface area contributed by atoms with Crippen LogP contribution in [0.5, 0.6) is 0 Å². The van der Waals surface area contributed by atoms with Gasteiger partial charge in [0.2, 0.25) is 5.91 Å². The van der Waals surface area contributed by atoms with Crippen molar-refractivity contribution in [1.82, 2.24) is 15.1 Å². The van der Waals surface area contributed by atoms with Gasteiger partial charge in [-0.1, -0.05) is 30.3 Å². The highest BCUT2D eigenvalue weighted by Gasteiger charge is 2.23. The van der Waals surface area contributed by atoms with Crippen molar-refractivity contribution in [2.24, 2.45) is 0 Å². The Kier molecular flexibility index (Phi) is 3.94. The fourth-order valence-corrected chi connectivity index (χ4v) is 1.85. The summed E-state index contributed by atoms with van der Waals surface area (Å²) in [5.74, 6) is -0.979. The molecule has 2 rings (SSSR count). The Morgan fingerprint density at radius 3 is 2.79 bits per heavy atom. The predicted octanol–water partition coefficient (Wildman–Crippen LogP) is 1.68. The van der Waals surface area contributed by atoms with Gasteiger partial charge in [0.05, 0.1) is 12.3 Å². The lowest BCUT2D eigenvalue weighted by atomic mass is 9.99. The molecular weight excluding hydrogens is 240 g/mol. The van der Waals surface area contributed by atoms with Crippen molar-refractivity contribution in [1.29, 1.82) is 5.26 Å². The van der Waals surface area contributed by atoms with E-state index in [4.69, 9.17) is 0 Å². The van der Waals surface area contributed by atoms with Crippen LogP contribution in [-0.4, -0.2) is 28.1 Å². The SMILES string of the molecule is CN(Cc1cn[nH]c1)C(=O)C(C#N)c1ccccc1. The first kappa shape index (κ1) is 12.8. The molecule has 96 valence electrons. The van der Waals surface area contributed by atoms with E-state index in [1.165, 1.54) is 4.90 Å². The number of nitrogens with zero attached hydrogens (tertiary/aromatic N) is 3. The van der Waals surface area contributed by atoms with Crippen LogP contribution in [-0.2, 0) is 11.3 Å². The van der Waals surface area contributed by atoms with Crippen molar-refractivity contribution in [2.45, 2.75) is 12.5 Å². The maximum absolute atomic E-state index is 12.3. The van der Waals surface area contributed by atoms with E-state index in [-0.39, 0.29) is 5.91 Å². The summed E-state index contributed by atoms with van der Waals surface area (Å²) >= 11 is 0. The number of hydrogen-bond donors (Lipinski definition) is 1. The molecule has 0 fully saturated rings. The van der Waals surface area contributed by atoms with E-state index in [9.17, 15) is 10.1 Å². The second-order valence-electron chi connectivity index (χ2n) is 4.27. The number of aromatic amines is 1. The number of hydrogen-bond acceptors (Lipinski definition) is 3. The molecule has 19 heavy (non-hydrogen) atoms. The Balaban J connectivity index is 2.11. The van der Waals surface area contributed by atoms with Gasteiger partial charge in [0.25, 0.3) is 0 Å². The Labute approximate surface area is 111 Å². The number of nitriles is 1. The molecule has 0 aliphatic rings. The highest BCUT2D eigenvalue weighted by atomic mass is 16.2. The predicted molar refractivity (Wildman–Crippen MR) is 69.9 cm³/mol. The molecule has 1 heterocycles. The first-order chi connectivity index (χ1) is 9.22. The normalized spacial score (nSPS) is 11.6. The lowest BCUT2D eigenvalue weighted by molar-refractivity contribution is -0.130. The zero-order valence-electron chi connectivity index (χ0n) is 10.6. The van der Waals surface area contributed by atoms with Crippen LogP contribution in [0.1, 0.15) is 17.0 Å². The van der Waals surface area contributed by atoms with Gasteiger partial charge in [0, 0.05) is 25.4 Å². The number of likely N-dealkylation sites (N-methyl/N-ethyl adjacent to an activating group) is 1. The summed E-state index contributed by atoms with van der Waals surface area (Å²) in [4.78, 5) is 13.8. The molecule has 0 spiro atoms. The third kappa shape index (κ3) is 2.99. The van der Waals surface area contributed by atoms with E-state index in [0.717, 1.165) is 5.56 Å². The first-order valence-electron chi connectivity index (χ1n) is 5.89. The van der Waals surface area contributed by atoms with Crippen LogP contribution < -0.4 is 0 Å². The maximum atomic E-state index is 12.3. The number of rotatable bonds is 4. The number of carbonyl (C=O) groups excluding carboxylic acids is 1. The molecule has 0 aliphatic carbocycles. The fourth-order valence-electron chi connectivity index (χ4n) is 1.85. The smallest absolute Gasteiger partial charge is 0.244 e. The van der Waals surface area contributed by atoms with E-state index in [2.05, 4.69) is 16.3 Å². The van der Waals surface area contributed by atoms with Crippen molar-refractivity contribution in [3.63, 3.8) is 0 Å². The molecular formula is C14H14N4O. The van der Waals surface area contributed by atoms with E-state index in [0.29, 0.717) is 12.1 Å². The minimum atomic E-state index is -0.766. The number of aromatic nitrogens is 2. The molecule has 5 heteroatoms. The zero-order chi connectivity index (χ0) is 13.7. The quantitative estimate of drug-likeness (QED) is 0.902. The van der Waals surface area contributed by atoms with Gasteiger partial charge in [-0.2, -0.15) is 10.4 Å². The van der Waals surface area contributed by atoms with E-state index in [1.54, 1.807) is 31.6 Å². The van der Waals surface area contributed by atoms with Crippen LogP contribution in [0, 0.1) is 11.3 Å². The summed E-state index contributed by atoms with van der Waals surface area (Å²) < 4.78 is 0. The second-order valence-corrected chi connectivity index (χ2v) is 4.27. The summed E-state index contributed by atoms with van der Waals surface area (Å²) in [6, 6.07) is 11.1. The van der Waals surface area contributed by atoms with Crippen molar-refractivity contribution < 1.29 is 4.79 Å². The third-order valence-corrected chi connectivity index (χ3v) is 2.86. The van der Waals surface area contributed by atoms with Crippen molar-refractivity contribution in [3.8, 4) is 6.07 Å². The van der Waals surface area contributed by atoms with Gasteiger partial charge >= 0.3 is 0 Å². The van der Waals surface area contributed by atoms with Crippen LogP contribution in [0.2, 0.25) is 0 Å². The summed E-state index contributed by atoms with van der Waals surface area (Å²) in [5.41, 5.74) is 1.62. The van der Waals surface area contributed by atoms with Gasteiger partial charge in [0.1, 0.15) is 5.92 Å². The highest BCUT2D eigenvalue weighted by Crippen LogP contribution is 2.17. The molecule has 0 saturated heterocycles. The molecule has 1 unspecified atom stereocenters. The molecule has 0 bridgehead atoms. The van der Waals surface area contributed by atoms with Gasteiger partial charge in [-0.3, -0.25) is 9.89 Å². The van der Waals surface area contributed by atoms with Crippen molar-refractivity contribution >= 4 is 5.91 Å². The van der Waals surface area contributed by atoms with Crippen LogP contribution >= 0.6 is 0 Å². The molecule has 5 nitrogen and oxygen atoms in total. The number of amides is 1. The largest absolute Gasteiger partial charge is 0.340 e. The minimum Gasteiger partial charge on any atom is -0.340 e. The average Bonchev–Trinajstić information content (AvgIpc) is 2.93. The summed E-state index contributed by atoms with van der Waals surface area (Å²) in [6.07, 6.45) is 3.39. The van der Waals surface area contributed by atoms with Crippen molar-refractivity contribution in [2.75, 3.05) is 7.05 Å². The van der Waals surface area contributed by atoms with Gasteiger partial charge < -0.3 is 4.90 Å². The zero-order valence-corrected chi connectivity index (χ0v) is 10.6. The number of benzene rings is 1. The summed E-state index contributed by atoms with van der Waals surface area (Å²) in [6.45, 7) is 0.431. The molecule has 0 saturated carbocycles. The molecule has 2 aromatic rings. The monoisotopic (exact) mass is 254 g/mol. The fraction of sp³-hybridized carbons (Fsp3) is 0.214. The molecule has 1 aromatic carbocycles. The van der Waals surface area contributed by atoms with Crippen molar-refractivity contribution in [3.05, 3.63) is 53.9 Å². The van der Waals surface area contributed by atoms with Gasteiger partial charge in [-0.05, 0) is 5.56 Å². The van der Waals surface area contributed by atoms with Crippen LogP contribution in [0.15, 0.2) is 42.7 Å². The lowest BCUT2D eigenvalue weighted by Gasteiger charge is -2.19.